The van der Waals surface area contributed by atoms with E-state index in [1.54, 1.807) is 0 Å². The summed E-state index contributed by atoms with van der Waals surface area (Å²) in [7, 11) is 0. The number of alkyl halides is 2. The van der Waals surface area contributed by atoms with Crippen molar-refractivity contribution in [3.05, 3.63) is 0 Å². The van der Waals surface area contributed by atoms with Crippen molar-refractivity contribution < 1.29 is 23.4 Å². The zero-order chi connectivity index (χ0) is 10.8. The van der Waals surface area contributed by atoms with Crippen LogP contribution in [0.4, 0.5) is 13.6 Å². The summed E-state index contributed by atoms with van der Waals surface area (Å²) in [4.78, 5) is 10.4. The van der Waals surface area contributed by atoms with Crippen molar-refractivity contribution in [1.82, 2.24) is 0 Å². The number of rotatable bonds is 2. The molecule has 0 radical (unpaired) electrons. The zero-order valence-electron chi connectivity index (χ0n) is 7.58. The number of halogens is 2. The fraction of sp³-hybridized carbons (Fsp3) is 0.875. The monoisotopic (exact) mass is 209 g/mol. The Kier molecular flexibility index (Phi) is 3.25. The van der Waals surface area contributed by atoms with Crippen LogP contribution in [-0.4, -0.2) is 29.8 Å². The molecule has 2 atom stereocenters. The molecule has 1 aliphatic rings. The van der Waals surface area contributed by atoms with Crippen molar-refractivity contribution in [2.24, 2.45) is 11.7 Å². The highest BCUT2D eigenvalue weighted by Gasteiger charge is 2.42. The number of hydrogen-bond donors (Lipinski definition) is 2. The molecule has 3 N–H and O–H groups in total. The average molecular weight is 209 g/mol. The Morgan fingerprint density at radius 3 is 2.79 bits per heavy atom. The maximum atomic E-state index is 12.9. The van der Waals surface area contributed by atoms with Gasteiger partial charge in [-0.2, -0.15) is 0 Å². The minimum absolute atomic E-state index is 0.0428. The van der Waals surface area contributed by atoms with Crippen LogP contribution in [-0.2, 0) is 4.74 Å². The van der Waals surface area contributed by atoms with E-state index in [1.807, 2.05) is 0 Å². The van der Waals surface area contributed by atoms with Gasteiger partial charge in [0.1, 0.15) is 6.10 Å². The fourth-order valence-corrected chi connectivity index (χ4v) is 1.69. The van der Waals surface area contributed by atoms with Crippen LogP contribution in [0.25, 0.3) is 0 Å². The molecule has 0 aliphatic heterocycles. The number of carbonyl (C=O) groups excluding carboxylic acids is 1. The number of hydrogen-bond acceptors (Lipinski definition) is 3. The number of nitrogens with two attached hydrogens (primary N) is 1. The van der Waals surface area contributed by atoms with Gasteiger partial charge in [0.05, 0.1) is 0 Å². The third-order valence-corrected chi connectivity index (χ3v) is 2.38. The summed E-state index contributed by atoms with van der Waals surface area (Å²) in [6.45, 7) is -0.423. The number of carbonyl (C=O) groups is 1. The van der Waals surface area contributed by atoms with Crippen LogP contribution < -0.4 is 5.73 Å². The third-order valence-electron chi connectivity index (χ3n) is 2.38. The minimum Gasteiger partial charge on any atom is -0.446 e. The van der Waals surface area contributed by atoms with E-state index >= 15 is 0 Å². The molecule has 1 saturated carbocycles. The maximum absolute atomic E-state index is 12.9. The first-order valence-electron chi connectivity index (χ1n) is 4.39. The van der Waals surface area contributed by atoms with Crippen LogP contribution in [0.15, 0.2) is 0 Å². The van der Waals surface area contributed by atoms with Crippen molar-refractivity contribution in [2.45, 2.75) is 31.3 Å². The quantitative estimate of drug-likeness (QED) is 0.709. The van der Waals surface area contributed by atoms with Gasteiger partial charge in [0.15, 0.2) is 0 Å². The Morgan fingerprint density at radius 2 is 2.29 bits per heavy atom. The largest absolute Gasteiger partial charge is 0.446 e. The summed E-state index contributed by atoms with van der Waals surface area (Å²) in [5.41, 5.74) is 4.78. The Bertz CT molecular complexity index is 223. The van der Waals surface area contributed by atoms with E-state index in [9.17, 15) is 13.6 Å². The molecule has 0 heterocycles. The SMILES string of the molecule is NC(=O)O[C@@H]1CCC(F)(F)C[C@H]1CO. The third kappa shape index (κ3) is 2.80. The predicted octanol–water partition coefficient (Wildman–Crippen LogP) is 0.878. The number of ether oxygens (including phenoxy) is 1. The highest BCUT2D eigenvalue weighted by Crippen LogP contribution is 2.37. The van der Waals surface area contributed by atoms with Gasteiger partial charge < -0.3 is 15.6 Å². The fourth-order valence-electron chi connectivity index (χ4n) is 1.69. The van der Waals surface area contributed by atoms with E-state index in [4.69, 9.17) is 10.8 Å². The van der Waals surface area contributed by atoms with Crippen LogP contribution in [0.1, 0.15) is 19.3 Å². The Balaban J connectivity index is 2.57. The summed E-state index contributed by atoms with van der Waals surface area (Å²) in [6, 6.07) is 0. The van der Waals surface area contributed by atoms with Gasteiger partial charge in [0.25, 0.3) is 0 Å². The van der Waals surface area contributed by atoms with Gasteiger partial charge >= 0.3 is 6.09 Å². The van der Waals surface area contributed by atoms with Crippen LogP contribution in [0.5, 0.6) is 0 Å². The second kappa shape index (κ2) is 4.08. The number of aliphatic hydroxyl groups excluding tert-OH is 1. The van der Waals surface area contributed by atoms with E-state index in [-0.39, 0.29) is 12.8 Å². The number of aliphatic hydroxyl groups is 1. The van der Waals surface area contributed by atoms with Gasteiger partial charge in [-0.1, -0.05) is 0 Å². The van der Waals surface area contributed by atoms with Gasteiger partial charge in [0, 0.05) is 25.4 Å². The van der Waals surface area contributed by atoms with E-state index < -0.39 is 37.1 Å². The van der Waals surface area contributed by atoms with Crippen molar-refractivity contribution in [2.75, 3.05) is 6.61 Å². The predicted molar refractivity (Wildman–Crippen MR) is 43.8 cm³/mol. The van der Waals surface area contributed by atoms with Gasteiger partial charge in [0.2, 0.25) is 5.92 Å². The Labute approximate surface area is 80.0 Å². The summed E-state index contributed by atoms with van der Waals surface area (Å²) in [5.74, 6) is -3.49. The first kappa shape index (κ1) is 11.2. The van der Waals surface area contributed by atoms with Crippen LogP contribution in [0.3, 0.4) is 0 Å². The molecule has 14 heavy (non-hydrogen) atoms. The van der Waals surface area contributed by atoms with E-state index in [0.29, 0.717) is 0 Å². The first-order valence-corrected chi connectivity index (χ1v) is 4.39. The highest BCUT2D eigenvalue weighted by molar-refractivity contribution is 5.64. The van der Waals surface area contributed by atoms with E-state index in [1.165, 1.54) is 0 Å². The van der Waals surface area contributed by atoms with Crippen LogP contribution in [0, 0.1) is 5.92 Å². The van der Waals surface area contributed by atoms with Gasteiger partial charge in [-0.15, -0.1) is 0 Å². The summed E-state index contributed by atoms with van der Waals surface area (Å²) >= 11 is 0. The molecule has 0 saturated heterocycles. The lowest BCUT2D eigenvalue weighted by Crippen LogP contribution is -2.41. The first-order chi connectivity index (χ1) is 6.44. The molecule has 82 valence electrons. The topological polar surface area (TPSA) is 72.6 Å². The van der Waals surface area contributed by atoms with E-state index in [0.717, 1.165) is 0 Å². The summed E-state index contributed by atoms with van der Waals surface area (Å²) in [6.07, 6.45) is -2.42. The van der Waals surface area contributed by atoms with Crippen molar-refractivity contribution in [3.63, 3.8) is 0 Å². The number of amides is 1. The van der Waals surface area contributed by atoms with Crippen molar-refractivity contribution in [3.8, 4) is 0 Å². The standard InChI is InChI=1S/C8H13F2NO3/c9-8(10)2-1-6(14-7(11)13)5(3-8)4-12/h5-6,12H,1-4H2,(H2,11,13)/t5-,6+/m0/s1. The molecule has 1 amide bonds. The van der Waals surface area contributed by atoms with Gasteiger partial charge in [-0.3, -0.25) is 0 Å². The Hall–Kier alpha value is -0.910. The van der Waals surface area contributed by atoms with Crippen LogP contribution >= 0.6 is 0 Å². The molecule has 6 heteroatoms. The van der Waals surface area contributed by atoms with E-state index in [2.05, 4.69) is 4.74 Å². The Morgan fingerprint density at radius 1 is 1.64 bits per heavy atom. The second-order valence-corrected chi connectivity index (χ2v) is 3.52. The molecule has 4 nitrogen and oxygen atoms in total. The molecule has 0 aromatic heterocycles. The molecule has 1 rings (SSSR count). The molecule has 0 unspecified atom stereocenters. The van der Waals surface area contributed by atoms with Crippen LogP contribution in [0.2, 0.25) is 0 Å². The summed E-state index contributed by atoms with van der Waals surface area (Å²) in [5, 5.41) is 8.84. The lowest BCUT2D eigenvalue weighted by molar-refractivity contribution is -0.102. The van der Waals surface area contributed by atoms with Crippen molar-refractivity contribution in [1.29, 1.82) is 0 Å². The van der Waals surface area contributed by atoms with Gasteiger partial charge in [-0.25, -0.2) is 13.6 Å². The molecule has 1 aliphatic carbocycles. The highest BCUT2D eigenvalue weighted by atomic mass is 19.3. The molecular weight excluding hydrogens is 196 g/mol. The lowest BCUT2D eigenvalue weighted by atomic mass is 9.84. The van der Waals surface area contributed by atoms with Crippen molar-refractivity contribution >= 4 is 6.09 Å². The molecule has 1 fully saturated rings. The zero-order valence-corrected chi connectivity index (χ0v) is 7.58. The van der Waals surface area contributed by atoms with Gasteiger partial charge in [-0.05, 0) is 6.42 Å². The second-order valence-electron chi connectivity index (χ2n) is 3.52. The molecule has 0 aromatic rings. The average Bonchev–Trinajstić information content (AvgIpc) is 2.07. The molecule has 0 aromatic carbocycles. The molecular formula is C8H13F2NO3. The number of primary amides is 1. The molecule has 0 spiro atoms. The lowest BCUT2D eigenvalue weighted by Gasteiger charge is -2.33. The summed E-state index contributed by atoms with van der Waals surface area (Å²) < 4.78 is 30.4. The smallest absolute Gasteiger partial charge is 0.404 e. The molecule has 0 bridgehead atoms. The maximum Gasteiger partial charge on any atom is 0.404 e. The minimum atomic E-state index is -2.77. The normalized spacial score (nSPS) is 31.1.